The molecule has 0 spiro atoms. The van der Waals surface area contributed by atoms with E-state index in [1.807, 2.05) is 0 Å². The van der Waals surface area contributed by atoms with Crippen molar-refractivity contribution in [2.45, 2.75) is 0 Å². The van der Waals surface area contributed by atoms with E-state index in [0.29, 0.717) is 0 Å². The number of benzene rings is 1. The second-order valence-electron chi connectivity index (χ2n) is 2.94. The number of carbonyl (C=O) groups excluding carboxylic acids is 2. The lowest BCUT2D eigenvalue weighted by molar-refractivity contribution is -0.108. The summed E-state index contributed by atoms with van der Waals surface area (Å²) in [5, 5.41) is -1.03. The smallest absolute Gasteiger partial charge is 0.245 e. The Morgan fingerprint density at radius 3 is 1.38 bits per heavy atom. The van der Waals surface area contributed by atoms with E-state index in [-0.39, 0.29) is 0 Å². The molecule has 0 saturated carbocycles. The maximum atomic E-state index is 10.5. The molecular formula is C12H8Cl2O2. The second-order valence-corrected chi connectivity index (χ2v) is 3.69. The van der Waals surface area contributed by atoms with Crippen molar-refractivity contribution >= 4 is 45.8 Å². The predicted octanol–water partition coefficient (Wildman–Crippen LogP) is 3.24. The third kappa shape index (κ3) is 4.91. The Morgan fingerprint density at radius 1 is 0.812 bits per heavy atom. The Bertz CT molecular complexity index is 402. The Morgan fingerprint density at radius 2 is 1.12 bits per heavy atom. The number of allylic oxidation sites excluding steroid dienone is 2. The fraction of sp³-hybridized carbons (Fsp3) is 0. The first-order valence-electron chi connectivity index (χ1n) is 4.43. The number of rotatable bonds is 4. The summed E-state index contributed by atoms with van der Waals surface area (Å²) >= 11 is 10.3. The van der Waals surface area contributed by atoms with Crippen LogP contribution in [0.25, 0.3) is 12.2 Å². The number of halogens is 2. The van der Waals surface area contributed by atoms with Crippen molar-refractivity contribution in [3.05, 3.63) is 47.5 Å². The molecule has 0 heterocycles. The largest absolute Gasteiger partial charge is 0.276 e. The van der Waals surface area contributed by atoms with Crippen LogP contribution in [0.5, 0.6) is 0 Å². The Hall–Kier alpha value is -1.38. The molecule has 0 saturated heterocycles. The second kappa shape index (κ2) is 6.26. The molecule has 0 amide bonds. The van der Waals surface area contributed by atoms with E-state index in [0.717, 1.165) is 11.1 Å². The fourth-order valence-electron chi connectivity index (χ4n) is 1.04. The quantitative estimate of drug-likeness (QED) is 0.611. The van der Waals surface area contributed by atoms with Gasteiger partial charge in [0.2, 0.25) is 10.5 Å². The molecule has 1 rings (SSSR count). The lowest BCUT2D eigenvalue weighted by Gasteiger charge is -1.94. The molecule has 0 radical (unpaired) electrons. The molecule has 1 aromatic carbocycles. The normalized spacial score (nSPS) is 11.1. The van der Waals surface area contributed by atoms with Crippen LogP contribution < -0.4 is 0 Å². The van der Waals surface area contributed by atoms with Gasteiger partial charge in [0.25, 0.3) is 0 Å². The highest BCUT2D eigenvalue weighted by Gasteiger charge is 1.91. The Kier molecular flexibility index (Phi) is 4.96. The Balaban J connectivity index is 2.75. The van der Waals surface area contributed by atoms with Crippen molar-refractivity contribution < 1.29 is 9.59 Å². The van der Waals surface area contributed by atoms with E-state index < -0.39 is 10.5 Å². The highest BCUT2D eigenvalue weighted by Crippen LogP contribution is 2.08. The lowest BCUT2D eigenvalue weighted by Crippen LogP contribution is -1.79. The molecule has 4 heteroatoms. The summed E-state index contributed by atoms with van der Waals surface area (Å²) in [6.45, 7) is 0. The van der Waals surface area contributed by atoms with Gasteiger partial charge in [0.1, 0.15) is 0 Å². The standard InChI is InChI=1S/C12H8Cl2O2/c13-11(15)7-5-9-1-2-10(4-3-9)6-8-12(14)16/h1-8H/b7-5-,8-6+. The van der Waals surface area contributed by atoms with Crippen LogP contribution in [0, 0.1) is 0 Å². The van der Waals surface area contributed by atoms with Crippen LogP contribution in [0.3, 0.4) is 0 Å². The summed E-state index contributed by atoms with van der Waals surface area (Å²) in [4.78, 5) is 21.0. The lowest BCUT2D eigenvalue weighted by atomic mass is 10.1. The first-order valence-corrected chi connectivity index (χ1v) is 5.18. The molecule has 0 aliphatic carbocycles. The van der Waals surface area contributed by atoms with Crippen LogP contribution in [0.4, 0.5) is 0 Å². The average Bonchev–Trinajstić information content (AvgIpc) is 2.25. The van der Waals surface area contributed by atoms with Gasteiger partial charge in [-0.05, 0) is 46.5 Å². The summed E-state index contributed by atoms with van der Waals surface area (Å²) in [5.74, 6) is 0. The van der Waals surface area contributed by atoms with Gasteiger partial charge in [-0.1, -0.05) is 36.4 Å². The number of hydrogen-bond donors (Lipinski definition) is 0. The van der Waals surface area contributed by atoms with Crippen molar-refractivity contribution in [3.63, 3.8) is 0 Å². The molecule has 0 aromatic heterocycles. The minimum absolute atomic E-state index is 0.517. The average molecular weight is 255 g/mol. The van der Waals surface area contributed by atoms with Crippen LogP contribution in [-0.4, -0.2) is 10.5 Å². The maximum Gasteiger partial charge on any atom is 0.245 e. The molecule has 0 unspecified atom stereocenters. The minimum atomic E-state index is -0.517. The van der Waals surface area contributed by atoms with Gasteiger partial charge < -0.3 is 0 Å². The fourth-order valence-corrected chi connectivity index (χ4v) is 1.17. The molecule has 2 nitrogen and oxygen atoms in total. The van der Waals surface area contributed by atoms with Crippen LogP contribution in [-0.2, 0) is 9.59 Å². The molecule has 82 valence electrons. The Labute approximate surface area is 103 Å². The van der Waals surface area contributed by atoms with E-state index in [4.69, 9.17) is 23.2 Å². The van der Waals surface area contributed by atoms with Gasteiger partial charge in [0.15, 0.2) is 0 Å². The summed E-state index contributed by atoms with van der Waals surface area (Å²) in [6, 6.07) is 7.20. The van der Waals surface area contributed by atoms with E-state index in [1.165, 1.54) is 12.2 Å². The molecular weight excluding hydrogens is 247 g/mol. The molecule has 1 aromatic rings. The third-order valence-corrected chi connectivity index (χ3v) is 2.00. The maximum absolute atomic E-state index is 10.5. The van der Waals surface area contributed by atoms with Crippen LogP contribution in [0.1, 0.15) is 11.1 Å². The summed E-state index contributed by atoms with van der Waals surface area (Å²) < 4.78 is 0. The van der Waals surface area contributed by atoms with E-state index in [1.54, 1.807) is 36.4 Å². The number of hydrogen-bond acceptors (Lipinski definition) is 2. The SMILES string of the molecule is O=C(Cl)/C=C\c1ccc(/C=C/C(=O)Cl)cc1. The van der Waals surface area contributed by atoms with Crippen molar-refractivity contribution in [2.24, 2.45) is 0 Å². The summed E-state index contributed by atoms with van der Waals surface area (Å²) in [6.07, 6.45) is 5.76. The van der Waals surface area contributed by atoms with Crippen LogP contribution >= 0.6 is 23.2 Å². The summed E-state index contributed by atoms with van der Waals surface area (Å²) in [5.41, 5.74) is 1.70. The summed E-state index contributed by atoms with van der Waals surface area (Å²) in [7, 11) is 0. The highest BCUT2D eigenvalue weighted by molar-refractivity contribution is 6.67. The van der Waals surface area contributed by atoms with E-state index >= 15 is 0 Å². The van der Waals surface area contributed by atoms with Crippen molar-refractivity contribution in [1.82, 2.24) is 0 Å². The number of carbonyl (C=O) groups is 2. The molecule has 0 aliphatic heterocycles. The molecule has 0 N–H and O–H groups in total. The van der Waals surface area contributed by atoms with Gasteiger partial charge in [0.05, 0.1) is 0 Å². The van der Waals surface area contributed by atoms with Gasteiger partial charge in [-0.3, -0.25) is 9.59 Å². The van der Waals surface area contributed by atoms with Crippen molar-refractivity contribution in [1.29, 1.82) is 0 Å². The van der Waals surface area contributed by atoms with Gasteiger partial charge in [-0.25, -0.2) is 0 Å². The zero-order chi connectivity index (χ0) is 12.0. The molecule has 0 fully saturated rings. The van der Waals surface area contributed by atoms with E-state index in [9.17, 15) is 9.59 Å². The third-order valence-electron chi connectivity index (χ3n) is 1.75. The zero-order valence-corrected chi connectivity index (χ0v) is 9.70. The van der Waals surface area contributed by atoms with Crippen LogP contribution in [0.15, 0.2) is 36.4 Å². The minimum Gasteiger partial charge on any atom is -0.276 e. The van der Waals surface area contributed by atoms with Gasteiger partial charge in [0, 0.05) is 0 Å². The zero-order valence-electron chi connectivity index (χ0n) is 8.19. The van der Waals surface area contributed by atoms with Gasteiger partial charge in [-0.2, -0.15) is 0 Å². The molecule has 16 heavy (non-hydrogen) atoms. The molecule has 0 bridgehead atoms. The van der Waals surface area contributed by atoms with Crippen molar-refractivity contribution in [3.8, 4) is 0 Å². The van der Waals surface area contributed by atoms with Gasteiger partial charge in [-0.15, -0.1) is 0 Å². The van der Waals surface area contributed by atoms with Gasteiger partial charge >= 0.3 is 0 Å². The monoisotopic (exact) mass is 254 g/mol. The molecule has 0 aliphatic rings. The first-order chi connectivity index (χ1) is 7.58. The van der Waals surface area contributed by atoms with Crippen molar-refractivity contribution in [2.75, 3.05) is 0 Å². The first kappa shape index (κ1) is 12.7. The topological polar surface area (TPSA) is 34.1 Å². The molecule has 0 atom stereocenters. The highest BCUT2D eigenvalue weighted by atomic mass is 35.5. The van der Waals surface area contributed by atoms with Crippen LogP contribution in [0.2, 0.25) is 0 Å². The van der Waals surface area contributed by atoms with E-state index in [2.05, 4.69) is 0 Å². The predicted molar refractivity (Wildman–Crippen MR) is 66.2 cm³/mol.